The first-order chi connectivity index (χ1) is 15.2. The predicted octanol–water partition coefficient (Wildman–Crippen LogP) is 4.85. The smallest absolute Gasteiger partial charge is 0.329 e. The third-order valence-electron chi connectivity index (χ3n) is 6.15. The van der Waals surface area contributed by atoms with Crippen molar-refractivity contribution in [3.8, 4) is 5.75 Å². The summed E-state index contributed by atoms with van der Waals surface area (Å²) in [7, 11) is 0. The number of urea groups is 1. The summed E-state index contributed by atoms with van der Waals surface area (Å²) in [6.45, 7) is 7.39. The molecule has 0 aromatic heterocycles. The molecule has 2 aliphatic rings. The van der Waals surface area contributed by atoms with Gasteiger partial charge in [0.2, 0.25) is 0 Å². The Hall–Kier alpha value is -2.45. The number of halogens is 2. The molecule has 0 saturated carbocycles. The van der Waals surface area contributed by atoms with E-state index in [-0.39, 0.29) is 18.1 Å². The summed E-state index contributed by atoms with van der Waals surface area (Å²) in [5.41, 5.74) is 0.460. The summed E-state index contributed by atoms with van der Waals surface area (Å²) < 4.78 is 20.4. The Labute approximate surface area is 195 Å². The number of imide groups is 1. The summed E-state index contributed by atoms with van der Waals surface area (Å²) in [4.78, 5) is 29.5. The van der Waals surface area contributed by atoms with Crippen LogP contribution in [0, 0.1) is 5.82 Å². The SMILES string of the molecule is CC(C)Oc1cccc(CN2CCC3(C[C@@H]2C)C(=O)NC(=O)N3c2cc(F)ccc2Br)c1. The number of likely N-dealkylation sites (tertiary alicyclic amines) is 1. The topological polar surface area (TPSA) is 61.9 Å². The highest BCUT2D eigenvalue weighted by molar-refractivity contribution is 9.10. The number of ether oxygens (including phenoxy) is 1. The molecule has 1 N–H and O–H groups in total. The van der Waals surface area contributed by atoms with Gasteiger partial charge in [0, 0.05) is 23.6 Å². The molecule has 170 valence electrons. The maximum Gasteiger partial charge on any atom is 0.329 e. The van der Waals surface area contributed by atoms with Crippen LogP contribution in [0.3, 0.4) is 0 Å². The molecule has 2 fully saturated rings. The Bertz CT molecular complexity index is 1050. The van der Waals surface area contributed by atoms with Crippen LogP contribution in [0.2, 0.25) is 0 Å². The van der Waals surface area contributed by atoms with E-state index in [1.54, 1.807) is 6.07 Å². The van der Waals surface area contributed by atoms with E-state index in [4.69, 9.17) is 4.74 Å². The Balaban J connectivity index is 1.56. The maximum absolute atomic E-state index is 14.0. The van der Waals surface area contributed by atoms with Gasteiger partial charge in [-0.3, -0.25) is 19.9 Å². The van der Waals surface area contributed by atoms with E-state index in [1.165, 1.54) is 17.0 Å². The monoisotopic (exact) mass is 503 g/mol. The number of amides is 3. The van der Waals surface area contributed by atoms with Crippen molar-refractivity contribution in [3.63, 3.8) is 0 Å². The molecule has 4 rings (SSSR count). The first-order valence-corrected chi connectivity index (χ1v) is 11.6. The van der Waals surface area contributed by atoms with Crippen LogP contribution in [0.15, 0.2) is 46.9 Å². The van der Waals surface area contributed by atoms with E-state index >= 15 is 0 Å². The highest BCUT2D eigenvalue weighted by Gasteiger charge is 2.56. The fourth-order valence-electron chi connectivity index (χ4n) is 4.70. The molecule has 2 atom stereocenters. The first kappa shape index (κ1) is 22.7. The fraction of sp³-hybridized carbons (Fsp3) is 0.417. The summed E-state index contributed by atoms with van der Waals surface area (Å²) in [6.07, 6.45) is 1.01. The lowest BCUT2D eigenvalue weighted by Gasteiger charge is -2.46. The predicted molar refractivity (Wildman–Crippen MR) is 124 cm³/mol. The molecule has 1 unspecified atom stereocenters. The second-order valence-electron chi connectivity index (χ2n) is 8.81. The van der Waals surface area contributed by atoms with Gasteiger partial charge >= 0.3 is 6.03 Å². The minimum atomic E-state index is -1.04. The van der Waals surface area contributed by atoms with Crippen LogP contribution in [0.5, 0.6) is 5.75 Å². The first-order valence-electron chi connectivity index (χ1n) is 10.8. The van der Waals surface area contributed by atoms with Crippen molar-refractivity contribution in [1.82, 2.24) is 10.2 Å². The molecule has 2 heterocycles. The van der Waals surface area contributed by atoms with Crippen molar-refractivity contribution >= 4 is 33.6 Å². The van der Waals surface area contributed by atoms with Gasteiger partial charge in [0.15, 0.2) is 0 Å². The van der Waals surface area contributed by atoms with Gasteiger partial charge in [-0.05, 0) is 85.4 Å². The minimum absolute atomic E-state index is 0.0323. The summed E-state index contributed by atoms with van der Waals surface area (Å²) >= 11 is 3.41. The Morgan fingerprint density at radius 2 is 2.03 bits per heavy atom. The average molecular weight is 504 g/mol. The molecule has 2 aliphatic heterocycles. The molecule has 0 bridgehead atoms. The van der Waals surface area contributed by atoms with E-state index in [9.17, 15) is 14.0 Å². The standard InChI is InChI=1S/C24H27BrFN3O3/c1-15(2)32-19-6-4-5-17(11-19)14-28-10-9-24(13-16(28)3)22(30)27-23(31)29(24)21-12-18(26)7-8-20(21)25/h4-8,11-12,15-16H,9-10,13-14H2,1-3H3,(H,27,30,31)/t16-,24?/m0/s1. The van der Waals surface area contributed by atoms with Crippen molar-refractivity contribution in [2.24, 2.45) is 0 Å². The van der Waals surface area contributed by atoms with Gasteiger partial charge in [-0.25, -0.2) is 9.18 Å². The zero-order valence-electron chi connectivity index (χ0n) is 18.4. The van der Waals surface area contributed by atoms with Crippen molar-refractivity contribution in [2.75, 3.05) is 11.4 Å². The zero-order chi connectivity index (χ0) is 23.0. The molecule has 0 radical (unpaired) electrons. The number of nitrogens with one attached hydrogen (secondary N) is 1. The van der Waals surface area contributed by atoms with E-state index in [2.05, 4.69) is 39.1 Å². The number of piperidine rings is 1. The van der Waals surface area contributed by atoms with Gasteiger partial charge in [0.25, 0.3) is 5.91 Å². The molecule has 2 aromatic rings. The number of hydrogen-bond acceptors (Lipinski definition) is 4. The molecule has 0 aliphatic carbocycles. The fourth-order valence-corrected chi connectivity index (χ4v) is 5.12. The number of hydrogen-bond donors (Lipinski definition) is 1. The molecule has 1 spiro atoms. The van der Waals surface area contributed by atoms with Crippen LogP contribution in [-0.2, 0) is 11.3 Å². The second-order valence-corrected chi connectivity index (χ2v) is 9.66. The average Bonchev–Trinajstić information content (AvgIpc) is 2.95. The number of benzene rings is 2. The van der Waals surface area contributed by atoms with Crippen LogP contribution in [-0.4, -0.2) is 41.1 Å². The van der Waals surface area contributed by atoms with Crippen LogP contribution >= 0.6 is 15.9 Å². The largest absolute Gasteiger partial charge is 0.491 e. The molecule has 3 amide bonds. The molecular weight excluding hydrogens is 477 g/mol. The third kappa shape index (κ3) is 4.26. The van der Waals surface area contributed by atoms with E-state index in [0.717, 1.165) is 11.3 Å². The Morgan fingerprint density at radius 3 is 2.75 bits per heavy atom. The molecule has 8 heteroatoms. The third-order valence-corrected chi connectivity index (χ3v) is 6.82. The Morgan fingerprint density at radius 1 is 1.25 bits per heavy atom. The van der Waals surface area contributed by atoms with Gasteiger partial charge in [-0.2, -0.15) is 0 Å². The molecule has 2 aromatic carbocycles. The maximum atomic E-state index is 14.0. The zero-order valence-corrected chi connectivity index (χ0v) is 20.0. The highest BCUT2D eigenvalue weighted by atomic mass is 79.9. The second kappa shape index (κ2) is 8.83. The number of carbonyl (C=O) groups excluding carboxylic acids is 2. The minimum Gasteiger partial charge on any atom is -0.491 e. The van der Waals surface area contributed by atoms with Crippen LogP contribution < -0.4 is 15.0 Å². The van der Waals surface area contributed by atoms with Crippen molar-refractivity contribution < 1.29 is 18.7 Å². The van der Waals surface area contributed by atoms with Crippen molar-refractivity contribution in [1.29, 1.82) is 0 Å². The lowest BCUT2D eigenvalue weighted by molar-refractivity contribution is -0.125. The van der Waals surface area contributed by atoms with Crippen LogP contribution in [0.25, 0.3) is 0 Å². The van der Waals surface area contributed by atoms with Gasteiger partial charge in [0.05, 0.1) is 11.8 Å². The van der Waals surface area contributed by atoms with Gasteiger partial charge < -0.3 is 4.74 Å². The number of rotatable bonds is 5. The van der Waals surface area contributed by atoms with Crippen molar-refractivity contribution in [3.05, 3.63) is 58.3 Å². The summed E-state index contributed by atoms with van der Waals surface area (Å²) in [5, 5.41) is 2.45. The van der Waals surface area contributed by atoms with Gasteiger partial charge in [-0.15, -0.1) is 0 Å². The number of anilines is 1. The molecule has 2 saturated heterocycles. The van der Waals surface area contributed by atoms with E-state index < -0.39 is 17.4 Å². The highest BCUT2D eigenvalue weighted by Crippen LogP contribution is 2.42. The lowest BCUT2D eigenvalue weighted by atomic mass is 9.81. The van der Waals surface area contributed by atoms with Gasteiger partial charge in [-0.1, -0.05) is 12.1 Å². The normalized spacial score (nSPS) is 23.8. The quantitative estimate of drug-likeness (QED) is 0.592. The van der Waals surface area contributed by atoms with Gasteiger partial charge in [0.1, 0.15) is 17.1 Å². The van der Waals surface area contributed by atoms with E-state index in [1.807, 2.05) is 32.0 Å². The molecule has 6 nitrogen and oxygen atoms in total. The lowest BCUT2D eigenvalue weighted by Crippen LogP contribution is -2.59. The van der Waals surface area contributed by atoms with Crippen molar-refractivity contribution in [2.45, 2.75) is 57.8 Å². The molecule has 32 heavy (non-hydrogen) atoms. The van der Waals surface area contributed by atoms with E-state index in [0.29, 0.717) is 36.1 Å². The van der Waals surface area contributed by atoms with Crippen LogP contribution in [0.1, 0.15) is 39.2 Å². The van der Waals surface area contributed by atoms with Crippen LogP contribution in [0.4, 0.5) is 14.9 Å². The summed E-state index contributed by atoms with van der Waals surface area (Å²) in [5.74, 6) is 0.0542. The number of nitrogens with zero attached hydrogens (tertiary/aromatic N) is 2. The molecular formula is C24H27BrFN3O3. The number of carbonyl (C=O) groups is 2. The Kier molecular flexibility index (Phi) is 6.27. The summed E-state index contributed by atoms with van der Waals surface area (Å²) in [6, 6.07) is 11.7.